The van der Waals surface area contributed by atoms with Gasteiger partial charge in [-0.1, -0.05) is 23.2 Å². The number of ether oxygens (including phenoxy) is 1. The van der Waals surface area contributed by atoms with Crippen LogP contribution in [0.5, 0.6) is 5.75 Å². The van der Waals surface area contributed by atoms with Crippen LogP contribution in [0.25, 0.3) is 10.9 Å². The van der Waals surface area contributed by atoms with Gasteiger partial charge < -0.3 is 10.1 Å². The Morgan fingerprint density at radius 3 is 2.59 bits per heavy atom. The second-order valence-corrected chi connectivity index (χ2v) is 5.57. The first-order valence-electron chi connectivity index (χ1n) is 7.09. The summed E-state index contributed by atoms with van der Waals surface area (Å²) in [7, 11) is 1.66. The lowest BCUT2D eigenvalue weighted by Crippen LogP contribution is -2.01. The topological polar surface area (TPSA) is 34.1 Å². The van der Waals surface area contributed by atoms with Gasteiger partial charge in [0.25, 0.3) is 0 Å². The molecule has 0 fully saturated rings. The van der Waals surface area contributed by atoms with Crippen LogP contribution >= 0.6 is 11.6 Å². The number of hydrogen-bond acceptors (Lipinski definition) is 3. The minimum absolute atomic E-state index is 0.539. The highest BCUT2D eigenvalue weighted by Gasteiger charge is 2.05. The fourth-order valence-electron chi connectivity index (χ4n) is 2.35. The summed E-state index contributed by atoms with van der Waals surface area (Å²) in [6, 6.07) is 16.1. The molecule has 112 valence electrons. The Bertz CT molecular complexity index is 800. The molecule has 0 aliphatic carbocycles. The first kappa shape index (κ1) is 14.7. The molecule has 3 nitrogen and oxygen atoms in total. The molecular weight excluding hydrogens is 296 g/mol. The van der Waals surface area contributed by atoms with Gasteiger partial charge in [-0.3, -0.25) is 0 Å². The number of nitrogens with one attached hydrogen (secondary N) is 1. The summed E-state index contributed by atoms with van der Waals surface area (Å²) < 4.78 is 5.15. The van der Waals surface area contributed by atoms with Crippen molar-refractivity contribution >= 4 is 28.2 Å². The molecule has 0 spiro atoms. The number of anilines is 1. The summed E-state index contributed by atoms with van der Waals surface area (Å²) in [4.78, 5) is 4.46. The van der Waals surface area contributed by atoms with Gasteiger partial charge in [-0.05, 0) is 49.4 Å². The van der Waals surface area contributed by atoms with Crippen molar-refractivity contribution in [3.63, 3.8) is 0 Å². The molecule has 4 heteroatoms. The summed E-state index contributed by atoms with van der Waals surface area (Å²) in [5, 5.41) is 5.00. The van der Waals surface area contributed by atoms with Crippen molar-refractivity contribution in [3.8, 4) is 5.75 Å². The van der Waals surface area contributed by atoms with E-state index in [1.165, 1.54) is 5.56 Å². The highest BCUT2D eigenvalue weighted by atomic mass is 35.5. The molecule has 22 heavy (non-hydrogen) atoms. The van der Waals surface area contributed by atoms with E-state index in [4.69, 9.17) is 16.3 Å². The zero-order chi connectivity index (χ0) is 15.5. The third-order valence-corrected chi connectivity index (χ3v) is 3.90. The summed E-state index contributed by atoms with van der Waals surface area (Å²) in [6.45, 7) is 2.70. The molecule has 0 saturated heterocycles. The van der Waals surface area contributed by atoms with Gasteiger partial charge in [-0.25, -0.2) is 4.98 Å². The molecule has 1 heterocycles. The van der Waals surface area contributed by atoms with Crippen LogP contribution in [0.3, 0.4) is 0 Å². The smallest absolute Gasteiger partial charge is 0.134 e. The SMILES string of the molecule is COc1ccc(NCc2cc3cc(C)ccc3nc2Cl)cc1. The normalized spacial score (nSPS) is 10.7. The highest BCUT2D eigenvalue weighted by molar-refractivity contribution is 6.30. The van der Waals surface area contributed by atoms with E-state index in [2.05, 4.69) is 29.4 Å². The molecule has 0 radical (unpaired) electrons. The first-order valence-corrected chi connectivity index (χ1v) is 7.47. The summed E-state index contributed by atoms with van der Waals surface area (Å²) in [5.74, 6) is 0.839. The Labute approximate surface area is 134 Å². The van der Waals surface area contributed by atoms with E-state index in [0.717, 1.165) is 27.9 Å². The number of hydrogen-bond donors (Lipinski definition) is 1. The maximum absolute atomic E-state index is 6.29. The van der Waals surface area contributed by atoms with Crippen LogP contribution < -0.4 is 10.1 Å². The molecule has 3 rings (SSSR count). The third kappa shape index (κ3) is 3.15. The zero-order valence-electron chi connectivity index (χ0n) is 12.6. The number of aromatic nitrogens is 1. The van der Waals surface area contributed by atoms with Crippen molar-refractivity contribution in [2.24, 2.45) is 0 Å². The quantitative estimate of drug-likeness (QED) is 0.701. The summed E-state index contributed by atoms with van der Waals surface area (Å²) >= 11 is 6.29. The molecule has 3 aromatic rings. The number of benzene rings is 2. The molecule has 0 saturated carbocycles. The first-order chi connectivity index (χ1) is 10.7. The minimum atomic E-state index is 0.539. The summed E-state index contributed by atoms with van der Waals surface area (Å²) in [6.07, 6.45) is 0. The molecule has 1 N–H and O–H groups in total. The standard InChI is InChI=1S/C18H17ClN2O/c1-12-3-8-17-13(9-12)10-14(18(19)21-17)11-20-15-4-6-16(22-2)7-5-15/h3-10,20H,11H2,1-2H3. The number of nitrogens with zero attached hydrogens (tertiary/aromatic N) is 1. The van der Waals surface area contributed by atoms with Crippen molar-refractivity contribution in [1.29, 1.82) is 0 Å². The van der Waals surface area contributed by atoms with Crippen LogP contribution in [0.2, 0.25) is 5.15 Å². The molecule has 0 aliphatic heterocycles. The highest BCUT2D eigenvalue weighted by Crippen LogP contribution is 2.23. The lowest BCUT2D eigenvalue weighted by atomic mass is 10.1. The fraction of sp³-hybridized carbons (Fsp3) is 0.167. The van der Waals surface area contributed by atoms with Gasteiger partial charge in [0, 0.05) is 23.2 Å². The molecule has 2 aromatic carbocycles. The van der Waals surface area contributed by atoms with E-state index in [1.54, 1.807) is 7.11 Å². The van der Waals surface area contributed by atoms with Gasteiger partial charge in [0.1, 0.15) is 10.9 Å². The molecule has 0 atom stereocenters. The van der Waals surface area contributed by atoms with Crippen molar-refractivity contribution < 1.29 is 4.74 Å². The number of halogens is 1. The predicted molar refractivity (Wildman–Crippen MR) is 91.8 cm³/mol. The van der Waals surface area contributed by atoms with Crippen LogP contribution in [0.15, 0.2) is 48.5 Å². The predicted octanol–water partition coefficient (Wildman–Crippen LogP) is 4.82. The van der Waals surface area contributed by atoms with Gasteiger partial charge in [0.15, 0.2) is 0 Å². The average Bonchev–Trinajstić information content (AvgIpc) is 2.54. The maximum Gasteiger partial charge on any atom is 0.134 e. The Hall–Kier alpha value is -2.26. The van der Waals surface area contributed by atoms with Gasteiger partial charge in [-0.2, -0.15) is 0 Å². The van der Waals surface area contributed by atoms with Crippen LogP contribution in [-0.2, 0) is 6.54 Å². The van der Waals surface area contributed by atoms with E-state index in [1.807, 2.05) is 36.4 Å². The molecule has 0 aliphatic rings. The van der Waals surface area contributed by atoms with Crippen molar-refractivity contribution in [2.45, 2.75) is 13.5 Å². The second kappa shape index (κ2) is 6.24. The van der Waals surface area contributed by atoms with Crippen LogP contribution in [0.1, 0.15) is 11.1 Å². The van der Waals surface area contributed by atoms with Crippen LogP contribution in [0, 0.1) is 6.92 Å². The molecule has 0 unspecified atom stereocenters. The fourth-order valence-corrected chi connectivity index (χ4v) is 2.56. The van der Waals surface area contributed by atoms with Crippen molar-refractivity contribution in [2.75, 3.05) is 12.4 Å². The minimum Gasteiger partial charge on any atom is -0.497 e. The van der Waals surface area contributed by atoms with Crippen molar-refractivity contribution in [1.82, 2.24) is 4.98 Å². The number of fused-ring (bicyclic) bond motifs is 1. The number of rotatable bonds is 4. The second-order valence-electron chi connectivity index (χ2n) is 5.22. The third-order valence-electron chi connectivity index (χ3n) is 3.57. The number of methoxy groups -OCH3 is 1. The molecule has 0 bridgehead atoms. The zero-order valence-corrected chi connectivity index (χ0v) is 13.3. The van der Waals surface area contributed by atoms with E-state index in [0.29, 0.717) is 11.7 Å². The van der Waals surface area contributed by atoms with E-state index >= 15 is 0 Å². The Balaban J connectivity index is 1.81. The van der Waals surface area contributed by atoms with Gasteiger partial charge in [0.05, 0.1) is 12.6 Å². The average molecular weight is 313 g/mol. The molecular formula is C18H17ClN2O. The summed E-state index contributed by atoms with van der Waals surface area (Å²) in [5.41, 5.74) is 4.13. The Kier molecular flexibility index (Phi) is 4.16. The van der Waals surface area contributed by atoms with Gasteiger partial charge in [-0.15, -0.1) is 0 Å². The van der Waals surface area contributed by atoms with Crippen LogP contribution in [-0.4, -0.2) is 12.1 Å². The number of aryl methyl sites for hydroxylation is 1. The molecule has 0 amide bonds. The van der Waals surface area contributed by atoms with E-state index in [9.17, 15) is 0 Å². The van der Waals surface area contributed by atoms with Crippen molar-refractivity contribution in [3.05, 3.63) is 64.8 Å². The Morgan fingerprint density at radius 2 is 1.86 bits per heavy atom. The Morgan fingerprint density at radius 1 is 1.09 bits per heavy atom. The molecule has 1 aromatic heterocycles. The van der Waals surface area contributed by atoms with Crippen LogP contribution in [0.4, 0.5) is 5.69 Å². The van der Waals surface area contributed by atoms with Gasteiger partial charge >= 0.3 is 0 Å². The monoisotopic (exact) mass is 312 g/mol. The lowest BCUT2D eigenvalue weighted by molar-refractivity contribution is 0.415. The van der Waals surface area contributed by atoms with Gasteiger partial charge in [0.2, 0.25) is 0 Å². The van der Waals surface area contributed by atoms with E-state index < -0.39 is 0 Å². The van der Waals surface area contributed by atoms with E-state index in [-0.39, 0.29) is 0 Å². The largest absolute Gasteiger partial charge is 0.497 e. The number of pyridine rings is 1. The maximum atomic E-state index is 6.29. The lowest BCUT2D eigenvalue weighted by Gasteiger charge is -2.10.